The number of rotatable bonds is 6. The molecule has 0 amide bonds. The highest BCUT2D eigenvalue weighted by atomic mass is 15.1. The van der Waals surface area contributed by atoms with Gasteiger partial charge in [-0.05, 0) is 114 Å². The van der Waals surface area contributed by atoms with E-state index >= 15 is 0 Å². The summed E-state index contributed by atoms with van der Waals surface area (Å²) in [6.07, 6.45) is 0. The predicted octanol–water partition coefficient (Wildman–Crippen LogP) is 17.2. The molecule has 0 N–H and O–H groups in total. The normalized spacial score (nSPS) is 12.0. The van der Waals surface area contributed by atoms with Crippen molar-refractivity contribution in [1.29, 1.82) is 0 Å². The van der Waals surface area contributed by atoms with Crippen molar-refractivity contribution in [3.05, 3.63) is 261 Å². The summed E-state index contributed by atoms with van der Waals surface area (Å²) < 4.78 is 9.49. The first-order valence-corrected chi connectivity index (χ1v) is 26.9. The second-order valence-corrected chi connectivity index (χ2v) is 20.5. The lowest BCUT2D eigenvalue weighted by Gasteiger charge is -2.12. The molecule has 0 aliphatic rings. The largest absolute Gasteiger partial charge is 0.309 e. The lowest BCUT2D eigenvalue weighted by Crippen LogP contribution is -2.01. The molecular formula is C71H43N9. The van der Waals surface area contributed by atoms with Crippen LogP contribution in [-0.2, 0) is 0 Å². The van der Waals surface area contributed by atoms with Gasteiger partial charge in [0.05, 0.1) is 60.6 Å². The first-order chi connectivity index (χ1) is 39.7. The molecule has 0 unspecified atom stereocenters. The molecule has 0 aliphatic carbocycles. The maximum atomic E-state index is 5.61. The molecule has 0 spiro atoms. The monoisotopic (exact) mass is 1020 g/mol. The van der Waals surface area contributed by atoms with Crippen LogP contribution in [0, 0.1) is 0 Å². The van der Waals surface area contributed by atoms with Crippen LogP contribution in [0.25, 0.3) is 155 Å². The van der Waals surface area contributed by atoms with Crippen molar-refractivity contribution in [3.8, 4) is 56.7 Å². The molecule has 6 heterocycles. The highest BCUT2D eigenvalue weighted by Crippen LogP contribution is 2.43. The molecule has 0 fully saturated rings. The fourth-order valence-corrected chi connectivity index (χ4v) is 12.4. The van der Waals surface area contributed by atoms with Gasteiger partial charge in [0.15, 0.2) is 17.5 Å². The third kappa shape index (κ3) is 6.61. The summed E-state index contributed by atoms with van der Waals surface area (Å²) in [5.74, 6) is 1.87. The Kier molecular flexibility index (Phi) is 9.51. The van der Waals surface area contributed by atoms with Crippen LogP contribution < -0.4 is 0 Å². The van der Waals surface area contributed by atoms with E-state index < -0.39 is 0 Å². The van der Waals surface area contributed by atoms with Crippen molar-refractivity contribution in [3.63, 3.8) is 0 Å². The second-order valence-electron chi connectivity index (χ2n) is 20.5. The van der Waals surface area contributed by atoms with Crippen molar-refractivity contribution in [2.75, 3.05) is 0 Å². The Labute approximate surface area is 456 Å². The number of para-hydroxylation sites is 7. The molecule has 0 saturated carbocycles. The van der Waals surface area contributed by atoms with Crippen LogP contribution in [0.4, 0.5) is 0 Å². The molecule has 0 radical (unpaired) electrons. The molecule has 11 aromatic carbocycles. The maximum absolute atomic E-state index is 5.61. The number of hydrogen-bond donors (Lipinski definition) is 0. The Morgan fingerprint density at radius 3 is 1.35 bits per heavy atom. The van der Waals surface area contributed by atoms with E-state index in [1.54, 1.807) is 0 Å². The lowest BCUT2D eigenvalue weighted by molar-refractivity contribution is 1.07. The molecule has 0 aliphatic heterocycles. The summed E-state index contributed by atoms with van der Waals surface area (Å²) in [6.45, 7) is 0. The van der Waals surface area contributed by atoms with Crippen LogP contribution in [0.2, 0.25) is 0 Å². The van der Waals surface area contributed by atoms with Gasteiger partial charge in [-0.25, -0.2) is 24.9 Å². The van der Waals surface area contributed by atoms with Gasteiger partial charge in [0, 0.05) is 55.0 Å². The third-order valence-electron chi connectivity index (χ3n) is 16.0. The number of benzene rings is 11. The average molecular weight is 1020 g/mol. The van der Waals surface area contributed by atoms with Crippen LogP contribution in [0.3, 0.4) is 0 Å². The van der Waals surface area contributed by atoms with Crippen LogP contribution in [-0.4, -0.2) is 42.9 Å². The molecular weight excluding hydrogens is 979 g/mol. The maximum Gasteiger partial charge on any atom is 0.164 e. The van der Waals surface area contributed by atoms with Gasteiger partial charge < -0.3 is 9.13 Å². The van der Waals surface area contributed by atoms with Crippen molar-refractivity contribution >= 4 is 98.8 Å². The first kappa shape index (κ1) is 44.1. The van der Waals surface area contributed by atoms with Crippen molar-refractivity contribution in [1.82, 2.24) is 42.9 Å². The van der Waals surface area contributed by atoms with E-state index in [-0.39, 0.29) is 0 Å². The SMILES string of the molecule is c1ccc(-c2nc(-c3ccccc3)nc(-c3cccc(-n4c5ccccc5c5cc(-c6ccc7c(c6)c6c8c(ccc6n7-c6ccccc6)n6c7ccccc7nc6c6ccccc6n6c7ccccc7nc86)ccc54)c3)n2)cc1. The Bertz CT molecular complexity index is 5350. The molecule has 0 atom stereocenters. The molecule has 17 rings (SSSR count). The predicted molar refractivity (Wildman–Crippen MR) is 327 cm³/mol. The van der Waals surface area contributed by atoms with E-state index in [1.165, 1.54) is 5.39 Å². The van der Waals surface area contributed by atoms with Gasteiger partial charge in [-0.3, -0.25) is 8.80 Å². The molecule has 17 aromatic rings. The topological polar surface area (TPSA) is 83.1 Å². The highest BCUT2D eigenvalue weighted by molar-refractivity contribution is 6.26. The Hall–Kier alpha value is -11.0. The summed E-state index contributed by atoms with van der Waals surface area (Å²) >= 11 is 0. The summed E-state index contributed by atoms with van der Waals surface area (Å²) in [4.78, 5) is 26.2. The minimum absolute atomic E-state index is 0.611. The van der Waals surface area contributed by atoms with E-state index in [2.05, 4.69) is 218 Å². The summed E-state index contributed by atoms with van der Waals surface area (Å²) in [6, 6.07) is 92.3. The average Bonchev–Trinajstić information content (AvgIpc) is 4.14. The molecule has 80 heavy (non-hydrogen) atoms. The Morgan fingerprint density at radius 2 is 0.675 bits per heavy atom. The zero-order chi connectivity index (χ0) is 52.4. The van der Waals surface area contributed by atoms with E-state index in [1.807, 2.05) is 60.7 Å². The quantitative estimate of drug-likeness (QED) is 0.166. The van der Waals surface area contributed by atoms with Crippen molar-refractivity contribution in [2.45, 2.75) is 0 Å². The molecule has 9 heteroatoms. The lowest BCUT2D eigenvalue weighted by atomic mass is 9.99. The van der Waals surface area contributed by atoms with E-state index in [9.17, 15) is 0 Å². The van der Waals surface area contributed by atoms with E-state index in [0.717, 1.165) is 133 Å². The smallest absolute Gasteiger partial charge is 0.164 e. The van der Waals surface area contributed by atoms with Gasteiger partial charge in [0.1, 0.15) is 11.3 Å². The third-order valence-corrected chi connectivity index (χ3v) is 16.0. The molecule has 6 aromatic heterocycles. The minimum atomic E-state index is 0.611. The number of hydrogen-bond acceptors (Lipinski definition) is 5. The summed E-state index contributed by atoms with van der Waals surface area (Å²) in [5, 5.41) is 6.64. The second kappa shape index (κ2) is 17.2. The first-order valence-electron chi connectivity index (χ1n) is 26.9. The molecule has 0 bridgehead atoms. The van der Waals surface area contributed by atoms with Gasteiger partial charge in [0.25, 0.3) is 0 Å². The number of nitrogens with zero attached hydrogens (tertiary/aromatic N) is 9. The summed E-state index contributed by atoms with van der Waals surface area (Å²) in [5.41, 5.74) is 19.2. The van der Waals surface area contributed by atoms with Crippen molar-refractivity contribution < 1.29 is 0 Å². The molecule has 0 saturated heterocycles. The standard InChI is InChI=1S/C71H43N9/c1-4-19-44(20-5-1)67-74-68(45-21-6-2-7-22-45)76-69(75-67)48-23-18-26-50(41-48)78-57-31-14-10-27-51(57)53-42-46(35-37-59(53)78)47-36-38-60-54(43-47)65-63(77(60)49-24-8-3-9-25-49)39-40-64-66(65)71-73-56-30-13-16-33-61(56)79(71)58-32-15-11-28-52(58)70-72-55-29-12-17-34-62(55)80(64)70/h1-43H. The van der Waals surface area contributed by atoms with Crippen LogP contribution in [0.15, 0.2) is 261 Å². The Balaban J connectivity index is 0.909. The van der Waals surface area contributed by atoms with Gasteiger partial charge >= 0.3 is 0 Å². The number of imidazole rings is 2. The highest BCUT2D eigenvalue weighted by Gasteiger charge is 2.23. The van der Waals surface area contributed by atoms with E-state index in [4.69, 9.17) is 24.9 Å². The molecule has 9 nitrogen and oxygen atoms in total. The zero-order valence-corrected chi connectivity index (χ0v) is 42.9. The van der Waals surface area contributed by atoms with Crippen LogP contribution in [0.5, 0.6) is 0 Å². The number of aromatic nitrogens is 9. The number of fused-ring (bicyclic) bond motifs is 19. The zero-order valence-electron chi connectivity index (χ0n) is 42.9. The minimum Gasteiger partial charge on any atom is -0.309 e. The van der Waals surface area contributed by atoms with Gasteiger partial charge in [0.2, 0.25) is 0 Å². The van der Waals surface area contributed by atoms with E-state index in [0.29, 0.717) is 17.5 Å². The fourth-order valence-electron chi connectivity index (χ4n) is 12.4. The Morgan fingerprint density at radius 1 is 0.225 bits per heavy atom. The summed E-state index contributed by atoms with van der Waals surface area (Å²) in [7, 11) is 0. The van der Waals surface area contributed by atoms with Crippen molar-refractivity contribution in [2.24, 2.45) is 0 Å². The fraction of sp³-hybridized carbons (Fsp3) is 0. The van der Waals surface area contributed by atoms with Crippen LogP contribution >= 0.6 is 0 Å². The molecule has 372 valence electrons. The van der Waals surface area contributed by atoms with Gasteiger partial charge in [-0.15, -0.1) is 0 Å². The van der Waals surface area contributed by atoms with Gasteiger partial charge in [-0.2, -0.15) is 0 Å². The van der Waals surface area contributed by atoms with Crippen LogP contribution in [0.1, 0.15) is 0 Å². The van der Waals surface area contributed by atoms with Gasteiger partial charge in [-0.1, -0.05) is 158 Å².